The number of carbonyl (C=O) groups excluding carboxylic acids is 1. The summed E-state index contributed by atoms with van der Waals surface area (Å²) >= 11 is 0. The van der Waals surface area contributed by atoms with Crippen molar-refractivity contribution in [3.05, 3.63) is 0 Å². The van der Waals surface area contributed by atoms with Crippen molar-refractivity contribution in [1.82, 2.24) is 10.2 Å². The Hall–Kier alpha value is -0.320. The highest BCUT2D eigenvalue weighted by Gasteiger charge is 2.20. The minimum Gasteiger partial charge on any atom is -0.340 e. The Balaban J connectivity index is 0.00000144. The van der Waals surface area contributed by atoms with Gasteiger partial charge in [-0.2, -0.15) is 0 Å². The van der Waals surface area contributed by atoms with E-state index in [4.69, 9.17) is 5.73 Å². The van der Waals surface area contributed by atoms with Crippen LogP contribution in [0, 0.1) is 0 Å². The third-order valence-electron chi connectivity index (χ3n) is 2.36. The van der Waals surface area contributed by atoms with Crippen LogP contribution in [0.2, 0.25) is 0 Å². The summed E-state index contributed by atoms with van der Waals surface area (Å²) in [4.78, 5) is 13.0. The van der Waals surface area contributed by atoms with E-state index in [0.29, 0.717) is 6.04 Å². The third kappa shape index (κ3) is 3.50. The molecule has 1 saturated heterocycles. The van der Waals surface area contributed by atoms with Gasteiger partial charge in [0.1, 0.15) is 0 Å². The maximum atomic E-state index is 11.2. The molecule has 0 radical (unpaired) electrons. The molecule has 1 heterocycles. The molecular weight excluding hydrogens is 190 g/mol. The Morgan fingerprint density at radius 1 is 1.69 bits per heavy atom. The fourth-order valence-electron chi connectivity index (χ4n) is 1.57. The van der Waals surface area contributed by atoms with Gasteiger partial charge in [0.15, 0.2) is 0 Å². The normalized spacial score (nSPS) is 22.3. The number of carbonyl (C=O) groups is 1. The molecule has 4 nitrogen and oxygen atoms in total. The van der Waals surface area contributed by atoms with E-state index in [1.807, 2.05) is 11.9 Å². The van der Waals surface area contributed by atoms with Gasteiger partial charge in [-0.25, -0.2) is 0 Å². The predicted octanol–water partition coefficient (Wildman–Crippen LogP) is -0.423. The lowest BCUT2D eigenvalue weighted by Gasteiger charge is -2.32. The number of nitrogens with zero attached hydrogens (tertiary/aromatic N) is 1. The molecule has 1 amide bonds. The van der Waals surface area contributed by atoms with E-state index in [9.17, 15) is 4.79 Å². The van der Waals surface area contributed by atoms with Crippen LogP contribution in [0.15, 0.2) is 0 Å². The molecular formula is C8H18ClN3O. The second-order valence-electron chi connectivity index (χ2n) is 3.17. The van der Waals surface area contributed by atoms with Crippen molar-refractivity contribution in [2.75, 3.05) is 26.7 Å². The van der Waals surface area contributed by atoms with Gasteiger partial charge in [0, 0.05) is 19.1 Å². The molecule has 0 aromatic rings. The highest BCUT2D eigenvalue weighted by molar-refractivity contribution is 5.85. The molecule has 1 unspecified atom stereocenters. The smallest absolute Gasteiger partial charge is 0.236 e. The Morgan fingerprint density at radius 3 is 2.92 bits per heavy atom. The van der Waals surface area contributed by atoms with Crippen molar-refractivity contribution in [3.63, 3.8) is 0 Å². The molecule has 0 spiro atoms. The monoisotopic (exact) mass is 207 g/mol. The van der Waals surface area contributed by atoms with E-state index in [1.165, 1.54) is 0 Å². The summed E-state index contributed by atoms with van der Waals surface area (Å²) in [7, 11) is 1.93. The van der Waals surface area contributed by atoms with Crippen LogP contribution >= 0.6 is 12.4 Å². The first-order valence-corrected chi connectivity index (χ1v) is 4.43. The highest BCUT2D eigenvalue weighted by Crippen LogP contribution is 2.08. The molecule has 0 aromatic heterocycles. The summed E-state index contributed by atoms with van der Waals surface area (Å²) in [6.45, 7) is 1.82. The van der Waals surface area contributed by atoms with Crippen molar-refractivity contribution >= 4 is 18.3 Å². The number of nitrogens with two attached hydrogens (primary N) is 1. The predicted molar refractivity (Wildman–Crippen MR) is 55.0 cm³/mol. The zero-order valence-corrected chi connectivity index (χ0v) is 8.77. The van der Waals surface area contributed by atoms with E-state index in [0.717, 1.165) is 25.9 Å². The Bertz CT molecular complexity index is 165. The zero-order valence-electron chi connectivity index (χ0n) is 7.95. The van der Waals surface area contributed by atoms with Crippen LogP contribution in [0.3, 0.4) is 0 Å². The van der Waals surface area contributed by atoms with Gasteiger partial charge in [-0.05, 0) is 19.9 Å². The minimum atomic E-state index is 0. The van der Waals surface area contributed by atoms with Gasteiger partial charge < -0.3 is 16.0 Å². The van der Waals surface area contributed by atoms with Gasteiger partial charge >= 0.3 is 0 Å². The SMILES string of the molecule is CNC1CCCN(C(=O)CN)C1.Cl. The van der Waals surface area contributed by atoms with Crippen molar-refractivity contribution in [1.29, 1.82) is 0 Å². The molecule has 0 saturated carbocycles. The number of hydrogen-bond acceptors (Lipinski definition) is 3. The lowest BCUT2D eigenvalue weighted by molar-refractivity contribution is -0.130. The van der Waals surface area contributed by atoms with Crippen LogP contribution in [0.1, 0.15) is 12.8 Å². The second kappa shape index (κ2) is 6.18. The van der Waals surface area contributed by atoms with E-state index in [2.05, 4.69) is 5.32 Å². The van der Waals surface area contributed by atoms with Crippen molar-refractivity contribution in [2.45, 2.75) is 18.9 Å². The minimum absolute atomic E-state index is 0. The maximum absolute atomic E-state index is 11.2. The fourth-order valence-corrected chi connectivity index (χ4v) is 1.57. The average molecular weight is 208 g/mol. The summed E-state index contributed by atoms with van der Waals surface area (Å²) in [5, 5.41) is 3.18. The van der Waals surface area contributed by atoms with Gasteiger partial charge in [-0.15, -0.1) is 12.4 Å². The standard InChI is InChI=1S/C8H17N3O.ClH/c1-10-7-3-2-4-11(6-7)8(12)5-9;/h7,10H,2-6,9H2,1H3;1H. The molecule has 3 N–H and O–H groups in total. The van der Waals surface area contributed by atoms with Crippen molar-refractivity contribution in [2.24, 2.45) is 5.73 Å². The van der Waals surface area contributed by atoms with Crippen LogP contribution in [-0.4, -0.2) is 43.5 Å². The van der Waals surface area contributed by atoms with E-state index in [1.54, 1.807) is 0 Å². The number of likely N-dealkylation sites (tertiary alicyclic amines) is 1. The van der Waals surface area contributed by atoms with Gasteiger partial charge in [-0.1, -0.05) is 0 Å². The fraction of sp³-hybridized carbons (Fsp3) is 0.875. The van der Waals surface area contributed by atoms with Crippen molar-refractivity contribution in [3.8, 4) is 0 Å². The molecule has 5 heteroatoms. The topological polar surface area (TPSA) is 58.4 Å². The number of halogens is 1. The van der Waals surface area contributed by atoms with E-state index < -0.39 is 0 Å². The van der Waals surface area contributed by atoms with E-state index >= 15 is 0 Å². The molecule has 1 aliphatic rings. The molecule has 0 aromatic carbocycles. The van der Waals surface area contributed by atoms with Gasteiger partial charge in [0.2, 0.25) is 5.91 Å². The first kappa shape index (κ1) is 12.7. The molecule has 13 heavy (non-hydrogen) atoms. The molecule has 1 fully saturated rings. The molecule has 1 rings (SSSR count). The molecule has 0 bridgehead atoms. The van der Waals surface area contributed by atoms with Gasteiger partial charge in [0.05, 0.1) is 6.54 Å². The van der Waals surface area contributed by atoms with E-state index in [-0.39, 0.29) is 24.9 Å². The number of rotatable bonds is 2. The number of hydrogen-bond donors (Lipinski definition) is 2. The van der Waals surface area contributed by atoms with Crippen LogP contribution in [0.5, 0.6) is 0 Å². The lowest BCUT2D eigenvalue weighted by Crippen LogP contribution is -2.48. The lowest BCUT2D eigenvalue weighted by atomic mass is 10.1. The highest BCUT2D eigenvalue weighted by atomic mass is 35.5. The molecule has 1 atom stereocenters. The molecule has 1 aliphatic heterocycles. The number of amides is 1. The van der Waals surface area contributed by atoms with Gasteiger partial charge in [-0.3, -0.25) is 4.79 Å². The van der Waals surface area contributed by atoms with Crippen molar-refractivity contribution < 1.29 is 4.79 Å². The number of piperidine rings is 1. The quantitative estimate of drug-likeness (QED) is 0.647. The largest absolute Gasteiger partial charge is 0.340 e. The molecule has 0 aliphatic carbocycles. The zero-order chi connectivity index (χ0) is 8.97. The summed E-state index contributed by atoms with van der Waals surface area (Å²) in [6, 6.07) is 0.453. The third-order valence-corrected chi connectivity index (χ3v) is 2.36. The first-order chi connectivity index (χ1) is 5.77. The Labute approximate surface area is 85.3 Å². The summed E-state index contributed by atoms with van der Waals surface area (Å²) in [6.07, 6.45) is 2.24. The van der Waals surface area contributed by atoms with Crippen LogP contribution < -0.4 is 11.1 Å². The summed E-state index contributed by atoms with van der Waals surface area (Å²) < 4.78 is 0. The van der Waals surface area contributed by atoms with Crippen LogP contribution in [-0.2, 0) is 4.79 Å². The van der Waals surface area contributed by atoms with Crippen LogP contribution in [0.25, 0.3) is 0 Å². The molecule has 78 valence electrons. The number of nitrogens with one attached hydrogen (secondary N) is 1. The second-order valence-corrected chi connectivity index (χ2v) is 3.17. The van der Waals surface area contributed by atoms with Gasteiger partial charge in [0.25, 0.3) is 0 Å². The first-order valence-electron chi connectivity index (χ1n) is 4.43. The Kier molecular flexibility index (Phi) is 6.03. The average Bonchev–Trinajstić information content (AvgIpc) is 2.17. The summed E-state index contributed by atoms with van der Waals surface area (Å²) in [5.41, 5.74) is 5.28. The summed E-state index contributed by atoms with van der Waals surface area (Å²) in [5.74, 6) is 0.0648. The van der Waals surface area contributed by atoms with Crippen LogP contribution in [0.4, 0.5) is 0 Å². The Morgan fingerprint density at radius 2 is 2.38 bits per heavy atom. The number of likely N-dealkylation sites (N-methyl/N-ethyl adjacent to an activating group) is 1. The maximum Gasteiger partial charge on any atom is 0.236 e.